The minimum atomic E-state index is 0.300. The highest BCUT2D eigenvalue weighted by Crippen LogP contribution is 2.55. The molecular formula is C34H65NO. The Morgan fingerprint density at radius 2 is 1.17 bits per heavy atom. The summed E-state index contributed by atoms with van der Waals surface area (Å²) in [5.74, 6) is 2.77. The average Bonchev–Trinajstić information content (AvgIpc) is 2.87. The minimum Gasteiger partial charge on any atom is -0.342 e. The van der Waals surface area contributed by atoms with Gasteiger partial charge in [-0.3, -0.25) is 4.79 Å². The molecule has 0 aromatic rings. The molecule has 2 fully saturated rings. The van der Waals surface area contributed by atoms with Gasteiger partial charge >= 0.3 is 0 Å². The van der Waals surface area contributed by atoms with Gasteiger partial charge in [0.15, 0.2) is 0 Å². The van der Waals surface area contributed by atoms with Gasteiger partial charge in [-0.15, -0.1) is 0 Å². The number of amides is 1. The van der Waals surface area contributed by atoms with Gasteiger partial charge in [-0.2, -0.15) is 0 Å². The van der Waals surface area contributed by atoms with Crippen molar-refractivity contribution in [2.45, 2.75) is 175 Å². The Labute approximate surface area is 227 Å². The number of likely N-dealkylation sites (tertiary alicyclic amines) is 1. The third kappa shape index (κ3) is 11.5. The van der Waals surface area contributed by atoms with E-state index >= 15 is 0 Å². The third-order valence-electron chi connectivity index (χ3n) is 9.82. The van der Waals surface area contributed by atoms with E-state index in [1.54, 1.807) is 0 Å². The van der Waals surface area contributed by atoms with E-state index in [1.807, 2.05) is 0 Å². The molecule has 2 aliphatic rings. The van der Waals surface area contributed by atoms with E-state index in [1.165, 1.54) is 135 Å². The van der Waals surface area contributed by atoms with Crippen LogP contribution in [0, 0.1) is 23.2 Å². The Bertz CT molecular complexity index is 541. The molecule has 2 rings (SSSR count). The molecule has 0 aromatic heterocycles. The van der Waals surface area contributed by atoms with Crippen LogP contribution in [-0.4, -0.2) is 23.9 Å². The van der Waals surface area contributed by atoms with Gasteiger partial charge in [-0.1, -0.05) is 130 Å². The number of hydrogen-bond acceptors (Lipinski definition) is 1. The van der Waals surface area contributed by atoms with Gasteiger partial charge in [0.2, 0.25) is 5.91 Å². The maximum atomic E-state index is 13.6. The van der Waals surface area contributed by atoms with Crippen LogP contribution in [0.15, 0.2) is 0 Å². The maximum Gasteiger partial charge on any atom is 0.225 e. The van der Waals surface area contributed by atoms with Crippen molar-refractivity contribution in [3.8, 4) is 0 Å². The Morgan fingerprint density at radius 3 is 1.69 bits per heavy atom. The van der Waals surface area contributed by atoms with Crippen molar-refractivity contribution in [3.05, 3.63) is 0 Å². The van der Waals surface area contributed by atoms with E-state index in [-0.39, 0.29) is 0 Å². The average molecular weight is 504 g/mol. The number of carbonyl (C=O) groups is 1. The van der Waals surface area contributed by atoms with Crippen molar-refractivity contribution < 1.29 is 4.79 Å². The van der Waals surface area contributed by atoms with Crippen molar-refractivity contribution >= 4 is 5.91 Å². The first-order chi connectivity index (χ1) is 17.6. The van der Waals surface area contributed by atoms with Gasteiger partial charge in [0.1, 0.15) is 0 Å². The first-order valence-electron chi connectivity index (χ1n) is 16.9. The molecule has 2 heteroatoms. The molecule has 212 valence electrons. The van der Waals surface area contributed by atoms with Crippen molar-refractivity contribution in [2.24, 2.45) is 23.2 Å². The van der Waals surface area contributed by atoms with E-state index < -0.39 is 0 Å². The number of rotatable bonds is 21. The smallest absolute Gasteiger partial charge is 0.225 e. The zero-order chi connectivity index (χ0) is 26.1. The topological polar surface area (TPSA) is 20.3 Å². The molecule has 2 nitrogen and oxygen atoms in total. The lowest BCUT2D eigenvalue weighted by Gasteiger charge is -2.53. The number of hydrogen-bond donors (Lipinski definition) is 0. The summed E-state index contributed by atoms with van der Waals surface area (Å²) in [6.07, 6.45) is 30.9. The zero-order valence-corrected chi connectivity index (χ0v) is 25.3. The molecule has 1 saturated carbocycles. The normalized spacial score (nSPS) is 19.4. The molecule has 1 aliphatic carbocycles. The van der Waals surface area contributed by atoms with Gasteiger partial charge in [0.25, 0.3) is 0 Å². The second-order valence-electron chi connectivity index (χ2n) is 13.1. The number of carbonyl (C=O) groups excluding carboxylic acids is 1. The van der Waals surface area contributed by atoms with Crippen molar-refractivity contribution in [1.82, 2.24) is 4.90 Å². The summed E-state index contributed by atoms with van der Waals surface area (Å²) in [5.41, 5.74) is 0.594. The standard InChI is InChI=1S/C34H65NO/c1-5-9-12-15-18-22-32(21-17-14-11-7-3)33(36)35-25-23-34(24-26-35)28-31(29-34)27-30(19-8-4)20-16-13-10-6-2/h30-32H,5-29H2,1-4H3. The maximum absolute atomic E-state index is 13.6. The van der Waals surface area contributed by atoms with Crippen LogP contribution >= 0.6 is 0 Å². The summed E-state index contributed by atoms with van der Waals surface area (Å²) in [5, 5.41) is 0. The minimum absolute atomic E-state index is 0.300. The summed E-state index contributed by atoms with van der Waals surface area (Å²) in [6, 6.07) is 0. The van der Waals surface area contributed by atoms with Crippen LogP contribution in [0.1, 0.15) is 175 Å². The van der Waals surface area contributed by atoms with E-state index in [4.69, 9.17) is 0 Å². The molecule has 2 atom stereocenters. The fourth-order valence-electron chi connectivity index (χ4n) is 7.52. The summed E-state index contributed by atoms with van der Waals surface area (Å²) in [7, 11) is 0. The molecule has 1 spiro atoms. The summed E-state index contributed by atoms with van der Waals surface area (Å²) in [6.45, 7) is 11.3. The van der Waals surface area contributed by atoms with Crippen LogP contribution in [0.3, 0.4) is 0 Å². The molecule has 0 N–H and O–H groups in total. The lowest BCUT2D eigenvalue weighted by atomic mass is 9.55. The van der Waals surface area contributed by atoms with Crippen LogP contribution in [0.25, 0.3) is 0 Å². The Morgan fingerprint density at radius 1 is 0.667 bits per heavy atom. The van der Waals surface area contributed by atoms with Crippen LogP contribution in [-0.2, 0) is 4.79 Å². The quantitative estimate of drug-likeness (QED) is 0.143. The van der Waals surface area contributed by atoms with Crippen molar-refractivity contribution in [3.63, 3.8) is 0 Å². The summed E-state index contributed by atoms with van der Waals surface area (Å²) >= 11 is 0. The van der Waals surface area contributed by atoms with Crippen LogP contribution < -0.4 is 0 Å². The molecule has 1 amide bonds. The first-order valence-corrected chi connectivity index (χ1v) is 16.9. The number of unbranched alkanes of at least 4 members (excludes halogenated alkanes) is 10. The predicted octanol–water partition coefficient (Wildman–Crippen LogP) is 10.7. The molecule has 36 heavy (non-hydrogen) atoms. The second kappa shape index (κ2) is 18.7. The monoisotopic (exact) mass is 504 g/mol. The zero-order valence-electron chi connectivity index (χ0n) is 25.3. The largest absolute Gasteiger partial charge is 0.342 e. The van der Waals surface area contributed by atoms with Gasteiger partial charge in [-0.25, -0.2) is 0 Å². The highest BCUT2D eigenvalue weighted by Gasteiger charge is 2.46. The molecule has 1 saturated heterocycles. The van der Waals surface area contributed by atoms with Gasteiger partial charge in [0.05, 0.1) is 0 Å². The lowest BCUT2D eigenvalue weighted by molar-refractivity contribution is -0.140. The Kier molecular flexibility index (Phi) is 16.4. The van der Waals surface area contributed by atoms with Crippen LogP contribution in [0.2, 0.25) is 0 Å². The third-order valence-corrected chi connectivity index (χ3v) is 9.82. The molecule has 0 bridgehead atoms. The van der Waals surface area contributed by atoms with Gasteiger partial charge in [0, 0.05) is 19.0 Å². The molecule has 2 unspecified atom stereocenters. The number of nitrogens with zero attached hydrogens (tertiary/aromatic N) is 1. The van der Waals surface area contributed by atoms with E-state index in [0.717, 1.165) is 37.8 Å². The molecule has 0 aromatic carbocycles. The first kappa shape index (κ1) is 31.7. The van der Waals surface area contributed by atoms with E-state index in [0.29, 0.717) is 17.2 Å². The van der Waals surface area contributed by atoms with Crippen molar-refractivity contribution in [1.29, 1.82) is 0 Å². The second-order valence-corrected chi connectivity index (χ2v) is 13.1. The predicted molar refractivity (Wildman–Crippen MR) is 158 cm³/mol. The highest BCUT2D eigenvalue weighted by atomic mass is 16.2. The van der Waals surface area contributed by atoms with Crippen LogP contribution in [0.4, 0.5) is 0 Å². The van der Waals surface area contributed by atoms with E-state index in [2.05, 4.69) is 32.6 Å². The van der Waals surface area contributed by atoms with Crippen LogP contribution in [0.5, 0.6) is 0 Å². The molecule has 1 aliphatic heterocycles. The fraction of sp³-hybridized carbons (Fsp3) is 0.971. The fourth-order valence-corrected chi connectivity index (χ4v) is 7.52. The molecule has 0 radical (unpaired) electrons. The number of piperidine rings is 1. The Hall–Kier alpha value is -0.530. The summed E-state index contributed by atoms with van der Waals surface area (Å²) in [4.78, 5) is 15.8. The summed E-state index contributed by atoms with van der Waals surface area (Å²) < 4.78 is 0. The highest BCUT2D eigenvalue weighted by molar-refractivity contribution is 5.79. The van der Waals surface area contributed by atoms with Gasteiger partial charge in [-0.05, 0) is 62.2 Å². The Balaban J connectivity index is 1.75. The molecular weight excluding hydrogens is 438 g/mol. The molecule has 1 heterocycles. The SMILES string of the molecule is CCCCCCCC(CCCCCC)C(=O)N1CCC2(CC1)CC(CC(CCC)CCCCCC)C2. The lowest BCUT2D eigenvalue weighted by Crippen LogP contribution is -2.50. The van der Waals surface area contributed by atoms with Crippen molar-refractivity contribution in [2.75, 3.05) is 13.1 Å². The van der Waals surface area contributed by atoms with E-state index in [9.17, 15) is 4.79 Å². The van der Waals surface area contributed by atoms with Gasteiger partial charge < -0.3 is 4.90 Å².